The van der Waals surface area contributed by atoms with Gasteiger partial charge in [0, 0.05) is 32.7 Å². The summed E-state index contributed by atoms with van der Waals surface area (Å²) >= 11 is 0. The molecule has 1 saturated heterocycles. The lowest BCUT2D eigenvalue weighted by Crippen LogP contribution is -2.47. The molecule has 0 bridgehead atoms. The van der Waals surface area contributed by atoms with Crippen molar-refractivity contribution in [3.8, 4) is 0 Å². The average molecular weight is 323 g/mol. The van der Waals surface area contributed by atoms with Crippen LogP contribution in [0.15, 0.2) is 48.8 Å². The fourth-order valence-corrected chi connectivity index (χ4v) is 3.26. The van der Waals surface area contributed by atoms with Crippen molar-refractivity contribution in [1.82, 2.24) is 20.1 Å². The summed E-state index contributed by atoms with van der Waals surface area (Å²) < 4.78 is 0. The van der Waals surface area contributed by atoms with E-state index in [9.17, 15) is 5.11 Å². The maximum absolute atomic E-state index is 10.6. The van der Waals surface area contributed by atoms with Crippen molar-refractivity contribution in [3.05, 3.63) is 54.4 Å². The number of aromatic nitrogens is 3. The number of piperazine rings is 1. The van der Waals surface area contributed by atoms with Gasteiger partial charge in [0.15, 0.2) is 0 Å². The Hall–Kier alpha value is -2.44. The maximum Gasteiger partial charge on any atom is 0.221 e. The number of hydrogen-bond donors (Lipinski definition) is 2. The molecular weight excluding hydrogens is 302 g/mol. The fourth-order valence-electron chi connectivity index (χ4n) is 3.26. The van der Waals surface area contributed by atoms with Gasteiger partial charge in [-0.2, -0.15) is 10.1 Å². The highest BCUT2D eigenvalue weighted by atomic mass is 16.3. The number of rotatable bonds is 4. The lowest BCUT2D eigenvalue weighted by Gasteiger charge is -2.35. The molecule has 0 radical (unpaired) electrons. The van der Waals surface area contributed by atoms with E-state index in [-0.39, 0.29) is 0 Å². The van der Waals surface area contributed by atoms with Crippen LogP contribution in [0.1, 0.15) is 11.7 Å². The molecule has 1 aliphatic rings. The number of benzene rings is 2. The summed E-state index contributed by atoms with van der Waals surface area (Å²) in [5, 5.41) is 19.8. The zero-order valence-electron chi connectivity index (χ0n) is 13.5. The number of aliphatic hydroxyl groups is 1. The van der Waals surface area contributed by atoms with Gasteiger partial charge in [-0.25, -0.2) is 5.10 Å². The van der Waals surface area contributed by atoms with Gasteiger partial charge in [-0.1, -0.05) is 36.4 Å². The number of aliphatic hydroxyl groups excluding tert-OH is 1. The first-order chi connectivity index (χ1) is 11.8. The van der Waals surface area contributed by atoms with Crippen molar-refractivity contribution in [1.29, 1.82) is 0 Å². The molecule has 6 heteroatoms. The number of nitrogens with one attached hydrogen (secondary N) is 1. The number of fused-ring (bicyclic) bond motifs is 1. The minimum atomic E-state index is -0.466. The van der Waals surface area contributed by atoms with Gasteiger partial charge >= 0.3 is 0 Å². The Morgan fingerprint density at radius 2 is 1.83 bits per heavy atom. The number of aromatic amines is 1. The van der Waals surface area contributed by atoms with Crippen LogP contribution in [0.5, 0.6) is 0 Å². The van der Waals surface area contributed by atoms with Gasteiger partial charge in [-0.05, 0) is 22.4 Å². The highest BCUT2D eigenvalue weighted by molar-refractivity contribution is 5.83. The minimum Gasteiger partial charge on any atom is -0.387 e. The molecule has 2 N–H and O–H groups in total. The number of nitrogens with zero attached hydrogens (tertiary/aromatic N) is 4. The summed E-state index contributed by atoms with van der Waals surface area (Å²) in [6, 6.07) is 14.4. The summed E-state index contributed by atoms with van der Waals surface area (Å²) in [5.74, 6) is 0.824. The van der Waals surface area contributed by atoms with Gasteiger partial charge in [0.25, 0.3) is 0 Å². The molecule has 0 aliphatic carbocycles. The molecular formula is C18H21N5O. The van der Waals surface area contributed by atoms with E-state index in [1.165, 1.54) is 17.1 Å². The van der Waals surface area contributed by atoms with Crippen molar-refractivity contribution in [2.24, 2.45) is 0 Å². The van der Waals surface area contributed by atoms with E-state index < -0.39 is 6.10 Å². The maximum atomic E-state index is 10.6. The number of anilines is 1. The second kappa shape index (κ2) is 6.59. The number of H-pyrrole nitrogens is 1. The smallest absolute Gasteiger partial charge is 0.221 e. The van der Waals surface area contributed by atoms with Gasteiger partial charge in [0.05, 0.1) is 6.10 Å². The topological polar surface area (TPSA) is 68.3 Å². The summed E-state index contributed by atoms with van der Waals surface area (Å²) in [6.07, 6.45) is 1.07. The van der Waals surface area contributed by atoms with Crippen LogP contribution in [-0.2, 0) is 0 Å². The predicted molar refractivity (Wildman–Crippen MR) is 93.9 cm³/mol. The molecule has 1 aliphatic heterocycles. The van der Waals surface area contributed by atoms with E-state index in [1.54, 1.807) is 0 Å². The molecule has 1 fully saturated rings. The Kier molecular flexibility index (Phi) is 4.15. The Bertz CT molecular complexity index is 796. The summed E-state index contributed by atoms with van der Waals surface area (Å²) in [5.41, 5.74) is 0.978. The van der Waals surface area contributed by atoms with Crippen molar-refractivity contribution in [2.75, 3.05) is 37.6 Å². The van der Waals surface area contributed by atoms with Crippen LogP contribution in [0.4, 0.5) is 5.95 Å². The van der Waals surface area contributed by atoms with Gasteiger partial charge < -0.3 is 10.0 Å². The van der Waals surface area contributed by atoms with Crippen LogP contribution in [0, 0.1) is 0 Å². The highest BCUT2D eigenvalue weighted by Gasteiger charge is 2.21. The van der Waals surface area contributed by atoms with E-state index in [1.807, 2.05) is 18.2 Å². The molecule has 0 spiro atoms. The van der Waals surface area contributed by atoms with Crippen LogP contribution in [-0.4, -0.2) is 57.9 Å². The van der Waals surface area contributed by atoms with Crippen LogP contribution in [0.25, 0.3) is 10.8 Å². The number of hydrogen-bond acceptors (Lipinski definition) is 5. The number of β-amino-alcohol motifs (C(OH)–C–C–N with tert-alkyl or cyclic N) is 1. The summed E-state index contributed by atoms with van der Waals surface area (Å²) in [7, 11) is 0. The van der Waals surface area contributed by atoms with Crippen molar-refractivity contribution < 1.29 is 5.11 Å². The second-order valence-corrected chi connectivity index (χ2v) is 6.22. The van der Waals surface area contributed by atoms with E-state index in [2.05, 4.69) is 49.2 Å². The first kappa shape index (κ1) is 15.1. The molecule has 0 amide bonds. The minimum absolute atomic E-state index is 0.466. The normalized spacial score (nSPS) is 17.3. The van der Waals surface area contributed by atoms with Crippen LogP contribution < -0.4 is 4.90 Å². The van der Waals surface area contributed by atoms with Gasteiger partial charge in [-0.15, -0.1) is 0 Å². The molecule has 24 heavy (non-hydrogen) atoms. The monoisotopic (exact) mass is 323 g/mol. The Morgan fingerprint density at radius 1 is 1.04 bits per heavy atom. The average Bonchev–Trinajstić information content (AvgIpc) is 3.16. The molecule has 1 unspecified atom stereocenters. The van der Waals surface area contributed by atoms with Crippen LogP contribution >= 0.6 is 0 Å². The molecule has 2 heterocycles. The van der Waals surface area contributed by atoms with Gasteiger partial charge in [0.2, 0.25) is 5.95 Å². The third-order valence-electron chi connectivity index (χ3n) is 4.66. The van der Waals surface area contributed by atoms with Crippen LogP contribution in [0.3, 0.4) is 0 Å². The molecule has 1 atom stereocenters. The molecule has 6 nitrogen and oxygen atoms in total. The molecule has 4 rings (SSSR count). The van der Waals surface area contributed by atoms with Gasteiger partial charge in [0.1, 0.15) is 6.33 Å². The summed E-state index contributed by atoms with van der Waals surface area (Å²) in [6.45, 7) is 4.25. The first-order valence-electron chi connectivity index (χ1n) is 8.29. The second-order valence-electron chi connectivity index (χ2n) is 6.22. The van der Waals surface area contributed by atoms with Gasteiger partial charge in [-0.3, -0.25) is 4.90 Å². The first-order valence-corrected chi connectivity index (χ1v) is 8.29. The SMILES string of the molecule is OC(CN1CCN(c2ncn[nH]2)CC1)c1ccc2ccccc2c1. The largest absolute Gasteiger partial charge is 0.387 e. The Labute approximate surface area is 140 Å². The Balaban J connectivity index is 1.38. The molecule has 0 saturated carbocycles. The fraction of sp³-hybridized carbons (Fsp3) is 0.333. The molecule has 2 aromatic carbocycles. The third-order valence-corrected chi connectivity index (χ3v) is 4.66. The lowest BCUT2D eigenvalue weighted by molar-refractivity contribution is 0.109. The zero-order chi connectivity index (χ0) is 16.4. The Morgan fingerprint density at radius 3 is 2.58 bits per heavy atom. The van der Waals surface area contributed by atoms with Crippen molar-refractivity contribution in [2.45, 2.75) is 6.10 Å². The van der Waals surface area contributed by atoms with E-state index >= 15 is 0 Å². The van der Waals surface area contributed by atoms with Crippen LogP contribution in [0.2, 0.25) is 0 Å². The zero-order valence-corrected chi connectivity index (χ0v) is 13.5. The highest BCUT2D eigenvalue weighted by Crippen LogP contribution is 2.21. The summed E-state index contributed by atoms with van der Waals surface area (Å²) in [4.78, 5) is 8.68. The van der Waals surface area contributed by atoms with Crippen molar-refractivity contribution in [3.63, 3.8) is 0 Å². The van der Waals surface area contributed by atoms with E-state index in [0.29, 0.717) is 6.54 Å². The predicted octanol–water partition coefficient (Wildman–Crippen LogP) is 1.81. The lowest BCUT2D eigenvalue weighted by atomic mass is 10.0. The van der Waals surface area contributed by atoms with Crippen molar-refractivity contribution >= 4 is 16.7 Å². The van der Waals surface area contributed by atoms with E-state index in [0.717, 1.165) is 37.7 Å². The van der Waals surface area contributed by atoms with E-state index in [4.69, 9.17) is 0 Å². The quantitative estimate of drug-likeness (QED) is 0.766. The standard InChI is InChI=1S/C18H21N5O/c24-17(16-6-5-14-3-1-2-4-15(14)11-16)12-22-7-9-23(10-8-22)18-19-13-20-21-18/h1-6,11,13,17,24H,7-10,12H2,(H,19,20,21). The molecule has 1 aromatic heterocycles. The third kappa shape index (κ3) is 3.11. The molecule has 124 valence electrons. The molecule has 3 aromatic rings.